The van der Waals surface area contributed by atoms with Gasteiger partial charge in [-0.2, -0.15) is 0 Å². The number of nitrogens with zero attached hydrogens (tertiary/aromatic N) is 1. The van der Waals surface area contributed by atoms with Gasteiger partial charge in [-0.15, -0.1) is 0 Å². The topological polar surface area (TPSA) is 82.1 Å². The summed E-state index contributed by atoms with van der Waals surface area (Å²) in [7, 11) is 1.49. The minimum absolute atomic E-state index is 0.174. The van der Waals surface area contributed by atoms with Gasteiger partial charge < -0.3 is 19.1 Å². The van der Waals surface area contributed by atoms with Gasteiger partial charge in [0.1, 0.15) is 12.6 Å². The van der Waals surface area contributed by atoms with E-state index < -0.39 is 23.7 Å². The number of benzene rings is 1. The number of Topliss-reactive ketones (excluding diaryl/α,β-unsaturated/α-hetero) is 1. The first-order valence-electron chi connectivity index (χ1n) is 8.97. The Morgan fingerprint density at radius 3 is 2.70 bits per heavy atom. The van der Waals surface area contributed by atoms with E-state index in [-0.39, 0.29) is 18.8 Å². The minimum atomic E-state index is -0.718. The molecule has 1 heterocycles. The minimum Gasteiger partial charge on any atom is -0.493 e. The van der Waals surface area contributed by atoms with Gasteiger partial charge in [-0.05, 0) is 44.4 Å². The lowest BCUT2D eigenvalue weighted by Crippen LogP contribution is -2.51. The Bertz CT molecular complexity index is 714. The monoisotopic (exact) mass is 375 g/mol. The molecule has 0 aromatic heterocycles. The lowest BCUT2D eigenvalue weighted by molar-refractivity contribution is -0.155. The van der Waals surface area contributed by atoms with Crippen LogP contribution in [0.4, 0.5) is 0 Å². The number of ketones is 1. The molecule has 1 fully saturated rings. The fraction of sp³-hybridized carbons (Fsp3) is 0.450. The molecule has 146 valence electrons. The number of carbonyl (C=O) groups excluding carboxylic acids is 3. The number of piperidine rings is 1. The molecule has 1 unspecified atom stereocenters. The molecule has 1 aromatic carbocycles. The number of esters is 1. The average Bonchev–Trinajstić information content (AvgIpc) is 2.71. The molecule has 27 heavy (non-hydrogen) atoms. The summed E-state index contributed by atoms with van der Waals surface area (Å²) in [6.45, 7) is 6.11. The summed E-state index contributed by atoms with van der Waals surface area (Å²) in [5, 5.41) is 0. The van der Waals surface area contributed by atoms with Crippen molar-refractivity contribution in [3.8, 4) is 11.5 Å². The zero-order valence-corrected chi connectivity index (χ0v) is 15.7. The highest BCUT2D eigenvalue weighted by atomic mass is 16.5. The van der Waals surface area contributed by atoms with Crippen molar-refractivity contribution in [3.05, 3.63) is 36.4 Å². The van der Waals surface area contributed by atoms with Crippen LogP contribution in [-0.4, -0.2) is 55.5 Å². The van der Waals surface area contributed by atoms with E-state index in [1.165, 1.54) is 24.1 Å². The Labute approximate surface area is 158 Å². The fourth-order valence-electron chi connectivity index (χ4n) is 2.99. The van der Waals surface area contributed by atoms with Crippen molar-refractivity contribution in [1.29, 1.82) is 0 Å². The molecule has 1 amide bonds. The van der Waals surface area contributed by atoms with Crippen LogP contribution in [0.3, 0.4) is 0 Å². The molecular weight excluding hydrogens is 350 g/mol. The van der Waals surface area contributed by atoms with Gasteiger partial charge in [0.15, 0.2) is 11.5 Å². The number of hydrogen-bond donors (Lipinski definition) is 0. The molecule has 1 saturated heterocycles. The third-order valence-electron chi connectivity index (χ3n) is 4.30. The summed E-state index contributed by atoms with van der Waals surface area (Å²) in [6, 6.07) is 3.82. The number of likely N-dealkylation sites (tertiary alicyclic amines) is 1. The second-order valence-corrected chi connectivity index (χ2v) is 6.06. The number of methoxy groups -OCH3 is 1. The number of hydrogen-bond acceptors (Lipinski definition) is 6. The van der Waals surface area contributed by atoms with E-state index in [4.69, 9.17) is 14.2 Å². The van der Waals surface area contributed by atoms with Crippen LogP contribution in [0.5, 0.6) is 11.5 Å². The summed E-state index contributed by atoms with van der Waals surface area (Å²) < 4.78 is 15.7. The van der Waals surface area contributed by atoms with Crippen molar-refractivity contribution < 1.29 is 28.6 Å². The van der Waals surface area contributed by atoms with E-state index in [9.17, 15) is 14.4 Å². The van der Waals surface area contributed by atoms with Crippen molar-refractivity contribution in [3.63, 3.8) is 0 Å². The van der Waals surface area contributed by atoms with Gasteiger partial charge >= 0.3 is 5.97 Å². The van der Waals surface area contributed by atoms with Gasteiger partial charge in [0.2, 0.25) is 0 Å². The molecule has 1 atom stereocenters. The van der Waals surface area contributed by atoms with E-state index in [1.807, 2.05) is 0 Å². The normalized spacial score (nSPS) is 16.4. The zero-order chi connectivity index (χ0) is 19.8. The quantitative estimate of drug-likeness (QED) is 0.300. The standard InChI is InChI=1S/C20H25NO6/c1-4-12-27-17-13-14(9-10-16(17)25-3)18(22)19(23)21-11-7-6-8-15(21)20(24)26-5-2/h4,9-10,13,15H,1,5-8,11-12H2,2-3H3. The molecule has 0 spiro atoms. The van der Waals surface area contributed by atoms with Crippen molar-refractivity contribution >= 4 is 17.7 Å². The van der Waals surface area contributed by atoms with E-state index in [0.717, 1.165) is 12.8 Å². The maximum atomic E-state index is 12.8. The molecule has 7 heteroatoms. The van der Waals surface area contributed by atoms with Crippen LogP contribution in [0.1, 0.15) is 36.5 Å². The lowest BCUT2D eigenvalue weighted by Gasteiger charge is -2.33. The molecule has 0 saturated carbocycles. The fourth-order valence-corrected chi connectivity index (χ4v) is 2.99. The summed E-state index contributed by atoms with van der Waals surface area (Å²) >= 11 is 0. The number of rotatable bonds is 8. The van der Waals surface area contributed by atoms with Crippen LogP contribution in [0.25, 0.3) is 0 Å². The highest BCUT2D eigenvalue weighted by Gasteiger charge is 2.36. The molecular formula is C20H25NO6. The predicted octanol–water partition coefficient (Wildman–Crippen LogP) is 2.39. The Morgan fingerprint density at radius 2 is 2.04 bits per heavy atom. The van der Waals surface area contributed by atoms with Crippen LogP contribution in [0, 0.1) is 0 Å². The maximum Gasteiger partial charge on any atom is 0.328 e. The molecule has 7 nitrogen and oxygen atoms in total. The van der Waals surface area contributed by atoms with Gasteiger partial charge in [-0.25, -0.2) is 4.79 Å². The number of carbonyl (C=O) groups is 3. The van der Waals surface area contributed by atoms with Crippen molar-refractivity contribution in [2.24, 2.45) is 0 Å². The van der Waals surface area contributed by atoms with Gasteiger partial charge in [0.05, 0.1) is 13.7 Å². The largest absolute Gasteiger partial charge is 0.493 e. The number of ether oxygens (including phenoxy) is 3. The van der Waals surface area contributed by atoms with E-state index in [1.54, 1.807) is 19.1 Å². The smallest absolute Gasteiger partial charge is 0.328 e. The van der Waals surface area contributed by atoms with Crippen LogP contribution in [0.2, 0.25) is 0 Å². The molecule has 1 aliphatic heterocycles. The third kappa shape index (κ3) is 4.87. The molecule has 1 aromatic rings. The first kappa shape index (κ1) is 20.5. The SMILES string of the molecule is C=CCOc1cc(C(=O)C(=O)N2CCCCC2C(=O)OCC)ccc1OC. The summed E-state index contributed by atoms with van der Waals surface area (Å²) in [5.74, 6) is -1.09. The first-order chi connectivity index (χ1) is 13.0. The highest BCUT2D eigenvalue weighted by Crippen LogP contribution is 2.29. The molecule has 0 bridgehead atoms. The number of amides is 1. The summed E-state index contributed by atoms with van der Waals surface area (Å²) in [5.41, 5.74) is 0.174. The van der Waals surface area contributed by atoms with Gasteiger partial charge in [0.25, 0.3) is 11.7 Å². The van der Waals surface area contributed by atoms with E-state index in [2.05, 4.69) is 6.58 Å². The molecule has 0 N–H and O–H groups in total. The third-order valence-corrected chi connectivity index (χ3v) is 4.30. The van der Waals surface area contributed by atoms with Crippen LogP contribution in [0.15, 0.2) is 30.9 Å². The maximum absolute atomic E-state index is 12.8. The van der Waals surface area contributed by atoms with Crippen LogP contribution >= 0.6 is 0 Å². The highest BCUT2D eigenvalue weighted by molar-refractivity contribution is 6.43. The lowest BCUT2D eigenvalue weighted by atomic mass is 10.00. The molecule has 0 radical (unpaired) electrons. The summed E-state index contributed by atoms with van der Waals surface area (Å²) in [4.78, 5) is 39.0. The van der Waals surface area contributed by atoms with Crippen molar-refractivity contribution in [1.82, 2.24) is 4.90 Å². The molecule has 2 rings (SSSR count). The Kier molecular flexibility index (Phi) is 7.40. The Morgan fingerprint density at radius 1 is 1.26 bits per heavy atom. The van der Waals surface area contributed by atoms with Crippen molar-refractivity contribution in [2.75, 3.05) is 26.9 Å². The Hall–Kier alpha value is -2.83. The first-order valence-corrected chi connectivity index (χ1v) is 8.97. The Balaban J connectivity index is 2.23. The second kappa shape index (κ2) is 9.75. The van der Waals surface area contributed by atoms with Gasteiger partial charge in [-0.3, -0.25) is 9.59 Å². The van der Waals surface area contributed by atoms with Gasteiger partial charge in [0, 0.05) is 12.1 Å². The average molecular weight is 375 g/mol. The van der Waals surface area contributed by atoms with Crippen LogP contribution in [-0.2, 0) is 14.3 Å². The van der Waals surface area contributed by atoms with Crippen molar-refractivity contribution in [2.45, 2.75) is 32.2 Å². The van der Waals surface area contributed by atoms with E-state index >= 15 is 0 Å². The van der Waals surface area contributed by atoms with Crippen LogP contribution < -0.4 is 9.47 Å². The predicted molar refractivity (Wildman–Crippen MR) is 99.0 cm³/mol. The molecule has 0 aliphatic carbocycles. The molecule has 1 aliphatic rings. The summed E-state index contributed by atoms with van der Waals surface area (Å²) in [6.07, 6.45) is 3.61. The van der Waals surface area contributed by atoms with Gasteiger partial charge in [-0.1, -0.05) is 12.7 Å². The van der Waals surface area contributed by atoms with E-state index in [0.29, 0.717) is 24.5 Å². The zero-order valence-electron chi connectivity index (χ0n) is 15.7. The second-order valence-electron chi connectivity index (χ2n) is 6.06.